The molecule has 0 radical (unpaired) electrons. The van der Waals surface area contributed by atoms with Gasteiger partial charge < -0.3 is 15.0 Å². The van der Waals surface area contributed by atoms with Crippen LogP contribution in [0.15, 0.2) is 22.7 Å². The molecule has 2 rings (SSSR count). The maximum absolute atomic E-state index is 5.91. The van der Waals surface area contributed by atoms with E-state index in [1.807, 2.05) is 20.8 Å². The Morgan fingerprint density at radius 2 is 2.00 bits per heavy atom. The molecule has 96 valence electrons. The van der Waals surface area contributed by atoms with Crippen molar-refractivity contribution in [3.05, 3.63) is 24.0 Å². The largest absolute Gasteiger partial charge is 0.497 e. The Kier molecular flexibility index (Phi) is 2.98. The summed E-state index contributed by atoms with van der Waals surface area (Å²) in [4.78, 5) is 4.37. The number of aromatic nitrogens is 2. The van der Waals surface area contributed by atoms with Crippen LogP contribution in [0.5, 0.6) is 5.75 Å². The fraction of sp³-hybridized carbons (Fsp3) is 0.385. The van der Waals surface area contributed by atoms with Crippen molar-refractivity contribution in [3.63, 3.8) is 0 Å². The first-order valence-corrected chi connectivity index (χ1v) is 5.70. The van der Waals surface area contributed by atoms with Crippen LogP contribution >= 0.6 is 0 Å². The Balaban J connectivity index is 2.45. The monoisotopic (exact) mass is 247 g/mol. The van der Waals surface area contributed by atoms with Gasteiger partial charge >= 0.3 is 0 Å². The number of ether oxygens (including phenoxy) is 1. The minimum Gasteiger partial charge on any atom is -0.497 e. The van der Waals surface area contributed by atoms with E-state index in [0.29, 0.717) is 28.7 Å². The summed E-state index contributed by atoms with van der Waals surface area (Å²) in [5.74, 6) is 1.77. The number of rotatable bonds is 2. The summed E-state index contributed by atoms with van der Waals surface area (Å²) < 4.78 is 10.4. The third-order valence-corrected chi connectivity index (χ3v) is 2.59. The van der Waals surface area contributed by atoms with E-state index in [9.17, 15) is 0 Å². The molecule has 0 atom stereocenters. The average molecular weight is 247 g/mol. The number of methoxy groups -OCH3 is 1. The second-order valence-electron chi connectivity index (χ2n) is 5.13. The fourth-order valence-corrected chi connectivity index (χ4v) is 1.49. The summed E-state index contributed by atoms with van der Waals surface area (Å²) in [5, 5.41) is 3.98. The summed E-state index contributed by atoms with van der Waals surface area (Å²) in [6, 6.07) is 5.34. The Labute approximate surface area is 106 Å². The number of nitrogen functional groups attached to an aromatic ring is 1. The SMILES string of the molecule is COc1ccc(N)c(-c2nc(C(C)(C)C)no2)c1. The summed E-state index contributed by atoms with van der Waals surface area (Å²) in [6.45, 7) is 6.07. The highest BCUT2D eigenvalue weighted by molar-refractivity contribution is 5.72. The first-order chi connectivity index (χ1) is 8.41. The molecule has 0 aliphatic heterocycles. The van der Waals surface area contributed by atoms with Gasteiger partial charge in [0.15, 0.2) is 5.82 Å². The van der Waals surface area contributed by atoms with E-state index >= 15 is 0 Å². The van der Waals surface area contributed by atoms with Crippen LogP contribution in [0.1, 0.15) is 26.6 Å². The summed E-state index contributed by atoms with van der Waals surface area (Å²) >= 11 is 0. The van der Waals surface area contributed by atoms with Crippen LogP contribution < -0.4 is 10.5 Å². The zero-order valence-electron chi connectivity index (χ0n) is 11.0. The first kappa shape index (κ1) is 12.4. The van der Waals surface area contributed by atoms with Gasteiger partial charge in [0.25, 0.3) is 5.89 Å². The van der Waals surface area contributed by atoms with Gasteiger partial charge in [0.05, 0.1) is 12.7 Å². The fourth-order valence-electron chi connectivity index (χ4n) is 1.49. The van der Waals surface area contributed by atoms with Gasteiger partial charge in [-0.15, -0.1) is 0 Å². The van der Waals surface area contributed by atoms with Crippen LogP contribution in [0.3, 0.4) is 0 Å². The molecule has 1 aromatic heterocycles. The molecule has 5 heteroatoms. The zero-order valence-corrected chi connectivity index (χ0v) is 11.0. The second-order valence-corrected chi connectivity index (χ2v) is 5.13. The first-order valence-electron chi connectivity index (χ1n) is 5.70. The number of hydrogen-bond donors (Lipinski definition) is 1. The van der Waals surface area contributed by atoms with E-state index in [-0.39, 0.29) is 5.41 Å². The molecular weight excluding hydrogens is 230 g/mol. The van der Waals surface area contributed by atoms with Gasteiger partial charge in [0, 0.05) is 11.1 Å². The quantitative estimate of drug-likeness (QED) is 0.826. The molecular formula is C13H17N3O2. The zero-order chi connectivity index (χ0) is 13.3. The molecule has 0 bridgehead atoms. The van der Waals surface area contributed by atoms with Gasteiger partial charge in [-0.05, 0) is 18.2 Å². The molecule has 0 unspecified atom stereocenters. The van der Waals surface area contributed by atoms with Gasteiger partial charge in [-0.2, -0.15) is 4.98 Å². The van der Waals surface area contributed by atoms with E-state index < -0.39 is 0 Å². The molecule has 0 amide bonds. The lowest BCUT2D eigenvalue weighted by atomic mass is 9.96. The minimum absolute atomic E-state index is 0.157. The van der Waals surface area contributed by atoms with Gasteiger partial charge in [-0.25, -0.2) is 0 Å². The van der Waals surface area contributed by atoms with Crippen LogP contribution in [0.4, 0.5) is 5.69 Å². The Bertz CT molecular complexity index is 556. The molecule has 2 aromatic rings. The van der Waals surface area contributed by atoms with Crippen LogP contribution in [0.2, 0.25) is 0 Å². The highest BCUT2D eigenvalue weighted by Gasteiger charge is 2.22. The maximum atomic E-state index is 5.91. The number of nitrogens with zero attached hydrogens (tertiary/aromatic N) is 2. The van der Waals surface area contributed by atoms with E-state index in [2.05, 4.69) is 10.1 Å². The molecule has 5 nitrogen and oxygen atoms in total. The van der Waals surface area contributed by atoms with Crippen molar-refractivity contribution in [1.82, 2.24) is 10.1 Å². The van der Waals surface area contributed by atoms with Crippen LogP contribution in [-0.2, 0) is 5.41 Å². The second kappa shape index (κ2) is 4.33. The molecule has 0 spiro atoms. The normalized spacial score (nSPS) is 11.6. The predicted molar refractivity (Wildman–Crippen MR) is 69.4 cm³/mol. The van der Waals surface area contributed by atoms with E-state index in [0.717, 1.165) is 0 Å². The Hall–Kier alpha value is -2.04. The van der Waals surface area contributed by atoms with Crippen molar-refractivity contribution in [2.45, 2.75) is 26.2 Å². The molecule has 1 aromatic carbocycles. The van der Waals surface area contributed by atoms with Crippen LogP contribution in [0, 0.1) is 0 Å². The standard InChI is InChI=1S/C13H17N3O2/c1-13(2,3)12-15-11(18-16-12)9-7-8(17-4)5-6-10(9)14/h5-7H,14H2,1-4H3. The molecule has 1 heterocycles. The van der Waals surface area contributed by atoms with E-state index in [1.165, 1.54) is 0 Å². The van der Waals surface area contributed by atoms with Gasteiger partial charge in [0.1, 0.15) is 5.75 Å². The summed E-state index contributed by atoms with van der Waals surface area (Å²) in [6.07, 6.45) is 0. The van der Waals surface area contributed by atoms with Gasteiger partial charge in [0.2, 0.25) is 0 Å². The topological polar surface area (TPSA) is 74.2 Å². The van der Waals surface area contributed by atoms with Crippen LogP contribution in [-0.4, -0.2) is 17.3 Å². The van der Waals surface area contributed by atoms with Crippen LogP contribution in [0.25, 0.3) is 11.5 Å². The molecule has 0 aliphatic carbocycles. The molecule has 18 heavy (non-hydrogen) atoms. The number of benzene rings is 1. The highest BCUT2D eigenvalue weighted by atomic mass is 16.5. The van der Waals surface area contributed by atoms with Crippen molar-refractivity contribution in [2.75, 3.05) is 12.8 Å². The molecule has 0 aliphatic rings. The Morgan fingerprint density at radius 1 is 1.28 bits per heavy atom. The predicted octanol–water partition coefficient (Wildman–Crippen LogP) is 2.62. The summed E-state index contributed by atoms with van der Waals surface area (Å²) in [7, 11) is 1.60. The highest BCUT2D eigenvalue weighted by Crippen LogP contribution is 2.30. The lowest BCUT2D eigenvalue weighted by molar-refractivity contribution is 0.401. The maximum Gasteiger partial charge on any atom is 0.260 e. The average Bonchev–Trinajstić information content (AvgIpc) is 2.78. The number of nitrogens with two attached hydrogens (primary N) is 1. The molecule has 0 saturated carbocycles. The number of anilines is 1. The van der Waals surface area contributed by atoms with Crippen molar-refractivity contribution in [2.24, 2.45) is 0 Å². The third kappa shape index (κ3) is 2.30. The lowest BCUT2D eigenvalue weighted by Crippen LogP contribution is -2.13. The van der Waals surface area contributed by atoms with Crippen molar-refractivity contribution in [1.29, 1.82) is 0 Å². The van der Waals surface area contributed by atoms with Crippen molar-refractivity contribution < 1.29 is 9.26 Å². The van der Waals surface area contributed by atoms with Gasteiger partial charge in [-0.3, -0.25) is 0 Å². The summed E-state index contributed by atoms with van der Waals surface area (Å²) in [5.41, 5.74) is 7.03. The van der Waals surface area contributed by atoms with Crippen molar-refractivity contribution >= 4 is 5.69 Å². The molecule has 0 saturated heterocycles. The van der Waals surface area contributed by atoms with E-state index in [1.54, 1.807) is 25.3 Å². The lowest BCUT2D eigenvalue weighted by Gasteiger charge is -2.11. The van der Waals surface area contributed by atoms with Gasteiger partial charge in [-0.1, -0.05) is 25.9 Å². The smallest absolute Gasteiger partial charge is 0.260 e. The molecule has 2 N–H and O–H groups in total. The molecule has 0 fully saturated rings. The van der Waals surface area contributed by atoms with Crippen molar-refractivity contribution in [3.8, 4) is 17.2 Å². The number of hydrogen-bond acceptors (Lipinski definition) is 5. The third-order valence-electron chi connectivity index (χ3n) is 2.59. The van der Waals surface area contributed by atoms with E-state index in [4.69, 9.17) is 15.0 Å². The Morgan fingerprint density at radius 3 is 2.56 bits per heavy atom. The minimum atomic E-state index is -0.157.